The van der Waals surface area contributed by atoms with Crippen molar-refractivity contribution in [3.8, 4) is 0 Å². The molecule has 0 saturated heterocycles. The number of nitrogens with one attached hydrogen (secondary N) is 2. The summed E-state index contributed by atoms with van der Waals surface area (Å²) in [6, 6.07) is 25.4. The van der Waals surface area contributed by atoms with Gasteiger partial charge < -0.3 is 10.6 Å². The predicted molar refractivity (Wildman–Crippen MR) is 136 cm³/mol. The van der Waals surface area contributed by atoms with Crippen LogP contribution >= 0.6 is 11.8 Å². The molecular formula is C27H25N3O3S. The molecule has 0 fully saturated rings. The van der Waals surface area contributed by atoms with Gasteiger partial charge in [-0.1, -0.05) is 68.1 Å². The van der Waals surface area contributed by atoms with Crippen LogP contribution in [0, 0.1) is 5.92 Å². The van der Waals surface area contributed by atoms with E-state index in [4.69, 9.17) is 0 Å². The molecule has 2 N–H and O–H groups in total. The summed E-state index contributed by atoms with van der Waals surface area (Å²) in [5, 5.41) is 6.03. The van der Waals surface area contributed by atoms with Crippen LogP contribution in [0.5, 0.6) is 0 Å². The summed E-state index contributed by atoms with van der Waals surface area (Å²) in [7, 11) is 0. The SMILES string of the molecule is CC(C)CC(=O)Nc1cccc(SC2=C(Nc3ccccc3)C(=O)N(c3ccccc3)C2=O)c1. The van der Waals surface area contributed by atoms with Gasteiger partial charge in [0.1, 0.15) is 10.6 Å². The van der Waals surface area contributed by atoms with Crippen LogP contribution in [0.4, 0.5) is 17.1 Å². The zero-order chi connectivity index (χ0) is 24.1. The van der Waals surface area contributed by atoms with Crippen LogP contribution in [0.2, 0.25) is 0 Å². The summed E-state index contributed by atoms with van der Waals surface area (Å²) in [5.41, 5.74) is 2.08. The number of amides is 3. The summed E-state index contributed by atoms with van der Waals surface area (Å²) in [5.74, 6) is -0.622. The Morgan fingerprint density at radius 3 is 2.18 bits per heavy atom. The number of nitrogens with zero attached hydrogens (tertiary/aromatic N) is 1. The fraction of sp³-hybridized carbons (Fsp3) is 0.148. The highest BCUT2D eigenvalue weighted by Gasteiger charge is 2.40. The number of imide groups is 1. The maximum Gasteiger partial charge on any atom is 0.283 e. The highest BCUT2D eigenvalue weighted by Crippen LogP contribution is 2.38. The average Bonchev–Trinajstić information content (AvgIpc) is 3.04. The van der Waals surface area contributed by atoms with Gasteiger partial charge in [0.05, 0.1) is 5.69 Å². The number of carbonyl (C=O) groups excluding carboxylic acids is 3. The molecule has 0 radical (unpaired) electrons. The van der Waals surface area contributed by atoms with Gasteiger partial charge >= 0.3 is 0 Å². The molecule has 1 aliphatic heterocycles. The third kappa shape index (κ3) is 5.38. The normalized spacial score (nSPS) is 13.6. The van der Waals surface area contributed by atoms with Crippen LogP contribution in [-0.2, 0) is 14.4 Å². The van der Waals surface area contributed by atoms with E-state index in [0.29, 0.717) is 28.4 Å². The molecule has 0 atom stereocenters. The summed E-state index contributed by atoms with van der Waals surface area (Å²) in [6.07, 6.45) is 0.423. The van der Waals surface area contributed by atoms with Crippen LogP contribution in [0.1, 0.15) is 20.3 Å². The number of para-hydroxylation sites is 2. The fourth-order valence-electron chi connectivity index (χ4n) is 3.53. The Labute approximate surface area is 203 Å². The first kappa shape index (κ1) is 23.3. The van der Waals surface area contributed by atoms with Gasteiger partial charge in [-0.25, -0.2) is 4.90 Å². The predicted octanol–water partition coefficient (Wildman–Crippen LogP) is 5.66. The first-order valence-corrected chi connectivity index (χ1v) is 11.8. The van der Waals surface area contributed by atoms with Gasteiger partial charge in [0.2, 0.25) is 5.91 Å². The van der Waals surface area contributed by atoms with E-state index in [2.05, 4.69) is 10.6 Å². The molecule has 4 rings (SSSR count). The molecule has 7 heteroatoms. The van der Waals surface area contributed by atoms with Crippen molar-refractivity contribution >= 4 is 46.5 Å². The molecule has 34 heavy (non-hydrogen) atoms. The summed E-state index contributed by atoms with van der Waals surface area (Å²) < 4.78 is 0. The van der Waals surface area contributed by atoms with Gasteiger partial charge in [0.25, 0.3) is 11.8 Å². The maximum atomic E-state index is 13.4. The van der Waals surface area contributed by atoms with Crippen molar-refractivity contribution in [2.45, 2.75) is 25.2 Å². The van der Waals surface area contributed by atoms with E-state index in [1.807, 2.05) is 62.4 Å². The molecule has 0 unspecified atom stereocenters. The quantitative estimate of drug-likeness (QED) is 0.415. The molecule has 0 aromatic heterocycles. The zero-order valence-corrected chi connectivity index (χ0v) is 19.8. The van der Waals surface area contributed by atoms with Crippen molar-refractivity contribution in [3.63, 3.8) is 0 Å². The van der Waals surface area contributed by atoms with Crippen molar-refractivity contribution in [2.75, 3.05) is 15.5 Å². The smallest absolute Gasteiger partial charge is 0.283 e. The Morgan fingerprint density at radius 1 is 0.853 bits per heavy atom. The van der Waals surface area contributed by atoms with E-state index in [1.165, 1.54) is 16.7 Å². The first-order chi connectivity index (χ1) is 16.4. The molecule has 0 aliphatic carbocycles. The lowest BCUT2D eigenvalue weighted by Gasteiger charge is -2.15. The van der Waals surface area contributed by atoms with E-state index in [0.717, 1.165) is 4.90 Å². The molecular weight excluding hydrogens is 446 g/mol. The molecule has 1 heterocycles. The van der Waals surface area contributed by atoms with E-state index in [-0.39, 0.29) is 17.5 Å². The van der Waals surface area contributed by atoms with Crippen molar-refractivity contribution in [3.05, 3.63) is 95.5 Å². The molecule has 0 saturated carbocycles. The van der Waals surface area contributed by atoms with E-state index in [1.54, 1.807) is 36.4 Å². The topological polar surface area (TPSA) is 78.5 Å². The second-order valence-electron chi connectivity index (χ2n) is 8.25. The van der Waals surface area contributed by atoms with Crippen molar-refractivity contribution in [2.24, 2.45) is 5.92 Å². The number of anilines is 3. The number of thioether (sulfide) groups is 1. The minimum atomic E-state index is -0.413. The van der Waals surface area contributed by atoms with Crippen molar-refractivity contribution in [1.29, 1.82) is 0 Å². The third-order valence-corrected chi connectivity index (χ3v) is 6.10. The van der Waals surface area contributed by atoms with Gasteiger partial charge in [-0.2, -0.15) is 0 Å². The summed E-state index contributed by atoms with van der Waals surface area (Å²) >= 11 is 1.20. The second kappa shape index (κ2) is 10.4. The Kier molecular flexibility index (Phi) is 7.13. The van der Waals surface area contributed by atoms with Gasteiger partial charge in [0, 0.05) is 22.7 Å². The van der Waals surface area contributed by atoms with Gasteiger partial charge in [-0.05, 0) is 48.4 Å². The number of hydrogen-bond acceptors (Lipinski definition) is 5. The van der Waals surface area contributed by atoms with Gasteiger partial charge in [0.15, 0.2) is 0 Å². The third-order valence-electron chi connectivity index (χ3n) is 5.03. The fourth-order valence-corrected chi connectivity index (χ4v) is 4.52. The maximum absolute atomic E-state index is 13.4. The van der Waals surface area contributed by atoms with Crippen molar-refractivity contribution in [1.82, 2.24) is 0 Å². The van der Waals surface area contributed by atoms with Crippen LogP contribution in [-0.4, -0.2) is 17.7 Å². The largest absolute Gasteiger partial charge is 0.350 e. The van der Waals surface area contributed by atoms with Crippen LogP contribution < -0.4 is 15.5 Å². The lowest BCUT2D eigenvalue weighted by molar-refractivity contribution is -0.120. The van der Waals surface area contributed by atoms with E-state index < -0.39 is 11.8 Å². The molecule has 172 valence electrons. The molecule has 0 spiro atoms. The lowest BCUT2D eigenvalue weighted by atomic mass is 10.1. The number of hydrogen-bond donors (Lipinski definition) is 2. The molecule has 3 aromatic rings. The molecule has 1 aliphatic rings. The summed E-state index contributed by atoms with van der Waals surface area (Å²) in [6.45, 7) is 3.97. The standard InChI is InChI=1S/C27H25N3O3S/c1-18(2)16-23(31)28-20-12-9-15-22(17-20)34-25-24(29-19-10-5-3-6-11-19)26(32)30(27(25)33)21-13-7-4-8-14-21/h3-15,17-18,29H,16H2,1-2H3,(H,28,31). The zero-order valence-electron chi connectivity index (χ0n) is 18.9. The van der Waals surface area contributed by atoms with E-state index in [9.17, 15) is 14.4 Å². The highest BCUT2D eigenvalue weighted by atomic mass is 32.2. The minimum absolute atomic E-state index is 0.0647. The lowest BCUT2D eigenvalue weighted by Crippen LogP contribution is -2.32. The van der Waals surface area contributed by atoms with Crippen molar-refractivity contribution < 1.29 is 14.4 Å². The minimum Gasteiger partial charge on any atom is -0.350 e. The number of benzene rings is 3. The Bertz CT molecular complexity index is 1240. The average molecular weight is 472 g/mol. The van der Waals surface area contributed by atoms with Gasteiger partial charge in [-0.15, -0.1) is 0 Å². The Hall–Kier alpha value is -3.84. The highest BCUT2D eigenvalue weighted by molar-refractivity contribution is 8.04. The molecule has 3 aromatic carbocycles. The monoisotopic (exact) mass is 471 g/mol. The molecule has 0 bridgehead atoms. The van der Waals surface area contributed by atoms with Crippen LogP contribution in [0.15, 0.2) is 100 Å². The van der Waals surface area contributed by atoms with Gasteiger partial charge in [-0.3, -0.25) is 14.4 Å². The Balaban J connectivity index is 1.65. The summed E-state index contributed by atoms with van der Waals surface area (Å²) in [4.78, 5) is 41.2. The molecule has 3 amide bonds. The van der Waals surface area contributed by atoms with Crippen LogP contribution in [0.3, 0.4) is 0 Å². The second-order valence-corrected chi connectivity index (χ2v) is 9.34. The van der Waals surface area contributed by atoms with E-state index >= 15 is 0 Å². The first-order valence-electron chi connectivity index (χ1n) is 11.0. The number of rotatable bonds is 8. The number of carbonyl (C=O) groups is 3. The molecule has 6 nitrogen and oxygen atoms in total. The van der Waals surface area contributed by atoms with Crippen LogP contribution in [0.25, 0.3) is 0 Å². The Morgan fingerprint density at radius 2 is 1.50 bits per heavy atom.